The minimum absolute atomic E-state index is 0.0645. The van der Waals surface area contributed by atoms with Gasteiger partial charge in [-0.3, -0.25) is 4.79 Å². The summed E-state index contributed by atoms with van der Waals surface area (Å²) in [6.45, 7) is 4.47. The van der Waals surface area contributed by atoms with Crippen LogP contribution in [0.2, 0.25) is 0 Å². The zero-order valence-electron chi connectivity index (χ0n) is 13.9. The Morgan fingerprint density at radius 2 is 1.92 bits per heavy atom. The van der Waals surface area contributed by atoms with Crippen molar-refractivity contribution in [3.05, 3.63) is 57.3 Å². The minimum Gasteiger partial charge on any atom is -0.329 e. The van der Waals surface area contributed by atoms with E-state index in [-0.39, 0.29) is 23.5 Å². The van der Waals surface area contributed by atoms with Gasteiger partial charge in [-0.15, -0.1) is 11.3 Å². The highest BCUT2D eigenvalue weighted by Crippen LogP contribution is 2.25. The summed E-state index contributed by atoms with van der Waals surface area (Å²) in [5.41, 5.74) is 2.84. The van der Waals surface area contributed by atoms with Gasteiger partial charge in [0.15, 0.2) is 9.84 Å². The van der Waals surface area contributed by atoms with E-state index >= 15 is 0 Å². The van der Waals surface area contributed by atoms with Crippen LogP contribution >= 0.6 is 11.3 Å². The van der Waals surface area contributed by atoms with Crippen LogP contribution in [0.5, 0.6) is 0 Å². The number of sulfone groups is 1. The van der Waals surface area contributed by atoms with Crippen molar-refractivity contribution in [3.8, 4) is 0 Å². The van der Waals surface area contributed by atoms with Crippen molar-refractivity contribution in [1.82, 2.24) is 4.90 Å². The maximum Gasteiger partial charge on any atom is 0.254 e. The number of nitrogens with zero attached hydrogens (tertiary/aromatic N) is 1. The molecule has 1 amide bonds. The Morgan fingerprint density at radius 1 is 1.21 bits per heavy atom. The highest BCUT2D eigenvalue weighted by atomic mass is 32.2. The second-order valence-electron chi connectivity index (χ2n) is 6.38. The first-order valence-corrected chi connectivity index (χ1v) is 10.7. The number of aryl methyl sites for hydroxylation is 2. The summed E-state index contributed by atoms with van der Waals surface area (Å²) in [6, 6.07) is 9.23. The van der Waals surface area contributed by atoms with Gasteiger partial charge in [-0.2, -0.15) is 0 Å². The van der Waals surface area contributed by atoms with E-state index in [1.807, 2.05) is 49.6 Å². The summed E-state index contributed by atoms with van der Waals surface area (Å²) < 4.78 is 23.8. The van der Waals surface area contributed by atoms with Gasteiger partial charge in [0.25, 0.3) is 5.91 Å². The quantitative estimate of drug-likeness (QED) is 0.838. The van der Waals surface area contributed by atoms with Crippen molar-refractivity contribution in [2.24, 2.45) is 0 Å². The highest BCUT2D eigenvalue weighted by molar-refractivity contribution is 7.91. The molecule has 128 valence electrons. The molecule has 1 aromatic heterocycles. The third kappa shape index (κ3) is 3.70. The van der Waals surface area contributed by atoms with Crippen molar-refractivity contribution in [2.45, 2.75) is 32.9 Å². The lowest BCUT2D eigenvalue weighted by molar-refractivity contribution is 0.0683. The predicted octanol–water partition coefficient (Wildman–Crippen LogP) is 3.19. The molecule has 4 nitrogen and oxygen atoms in total. The van der Waals surface area contributed by atoms with E-state index < -0.39 is 9.84 Å². The maximum atomic E-state index is 13.0. The van der Waals surface area contributed by atoms with Crippen molar-refractivity contribution in [3.63, 3.8) is 0 Å². The van der Waals surface area contributed by atoms with E-state index in [2.05, 4.69) is 0 Å². The molecule has 1 fully saturated rings. The average Bonchev–Trinajstić information content (AvgIpc) is 3.10. The molecule has 0 N–H and O–H groups in total. The number of hydrogen-bond acceptors (Lipinski definition) is 4. The molecule has 2 heterocycles. The summed E-state index contributed by atoms with van der Waals surface area (Å²) in [4.78, 5) is 15.9. The molecule has 2 aromatic rings. The van der Waals surface area contributed by atoms with Gasteiger partial charge in [0.05, 0.1) is 18.1 Å². The standard InChI is InChI=1S/C18H21NO3S2/c1-13-3-5-15(6-4-13)18(20)19(11-17-14(2)7-9-23-17)16-8-10-24(21,22)12-16/h3-7,9,16H,8,10-12H2,1-2H3/t16-/m1/s1. The Labute approximate surface area is 147 Å². The van der Waals surface area contributed by atoms with Crippen LogP contribution in [0.4, 0.5) is 0 Å². The Balaban J connectivity index is 1.90. The molecule has 1 aromatic carbocycles. The van der Waals surface area contributed by atoms with E-state index in [9.17, 15) is 13.2 Å². The summed E-state index contributed by atoms with van der Waals surface area (Å²) in [5, 5.41) is 2.00. The van der Waals surface area contributed by atoms with Crippen LogP contribution in [0.25, 0.3) is 0 Å². The number of carbonyl (C=O) groups is 1. The van der Waals surface area contributed by atoms with E-state index in [4.69, 9.17) is 0 Å². The van der Waals surface area contributed by atoms with Gasteiger partial charge in [-0.25, -0.2) is 8.42 Å². The lowest BCUT2D eigenvalue weighted by Crippen LogP contribution is -2.40. The van der Waals surface area contributed by atoms with Crippen LogP contribution in [0.15, 0.2) is 35.7 Å². The first-order valence-electron chi connectivity index (χ1n) is 7.97. The second-order valence-corrected chi connectivity index (χ2v) is 9.61. The number of benzene rings is 1. The molecule has 24 heavy (non-hydrogen) atoms. The molecule has 1 aliphatic rings. The molecule has 3 rings (SSSR count). The second kappa shape index (κ2) is 6.69. The lowest BCUT2D eigenvalue weighted by atomic mass is 10.1. The summed E-state index contributed by atoms with van der Waals surface area (Å²) in [5.74, 6) is 0.137. The number of carbonyl (C=O) groups excluding carboxylic acids is 1. The first kappa shape index (κ1) is 17.2. The van der Waals surface area contributed by atoms with Gasteiger partial charge < -0.3 is 4.90 Å². The topological polar surface area (TPSA) is 54.5 Å². The zero-order valence-corrected chi connectivity index (χ0v) is 15.5. The van der Waals surface area contributed by atoms with Crippen LogP contribution in [-0.4, -0.2) is 36.8 Å². The van der Waals surface area contributed by atoms with Crippen LogP contribution in [0.3, 0.4) is 0 Å². The fourth-order valence-electron chi connectivity index (χ4n) is 2.97. The van der Waals surface area contributed by atoms with Gasteiger partial charge in [-0.1, -0.05) is 17.7 Å². The third-order valence-corrected chi connectivity index (χ3v) is 7.25. The number of rotatable bonds is 4. The molecule has 0 spiro atoms. The highest BCUT2D eigenvalue weighted by Gasteiger charge is 2.35. The third-order valence-electron chi connectivity index (χ3n) is 4.49. The van der Waals surface area contributed by atoms with Gasteiger partial charge in [0, 0.05) is 16.5 Å². The number of hydrogen-bond donors (Lipinski definition) is 0. The van der Waals surface area contributed by atoms with Crippen LogP contribution in [0.1, 0.15) is 32.8 Å². The maximum absolute atomic E-state index is 13.0. The Morgan fingerprint density at radius 3 is 2.46 bits per heavy atom. The zero-order chi connectivity index (χ0) is 17.3. The molecule has 1 aliphatic heterocycles. The molecule has 0 saturated carbocycles. The monoisotopic (exact) mass is 363 g/mol. The normalized spacial score (nSPS) is 19.3. The molecule has 0 radical (unpaired) electrons. The SMILES string of the molecule is Cc1ccc(C(=O)N(Cc2sccc2C)[C@@H]2CCS(=O)(=O)C2)cc1. The van der Waals surface area contributed by atoms with Crippen LogP contribution in [-0.2, 0) is 16.4 Å². The van der Waals surface area contributed by atoms with Gasteiger partial charge in [0.1, 0.15) is 0 Å². The van der Waals surface area contributed by atoms with Crippen molar-refractivity contribution in [1.29, 1.82) is 0 Å². The van der Waals surface area contributed by atoms with Crippen LogP contribution < -0.4 is 0 Å². The van der Waals surface area contributed by atoms with E-state index in [1.165, 1.54) is 0 Å². The Bertz CT molecular complexity index is 837. The predicted molar refractivity (Wildman–Crippen MR) is 97.2 cm³/mol. The number of thiophene rings is 1. The number of amides is 1. The van der Waals surface area contributed by atoms with Crippen molar-refractivity contribution >= 4 is 27.1 Å². The van der Waals surface area contributed by atoms with Gasteiger partial charge >= 0.3 is 0 Å². The molecule has 1 saturated heterocycles. The largest absolute Gasteiger partial charge is 0.329 e. The van der Waals surface area contributed by atoms with E-state index in [1.54, 1.807) is 16.2 Å². The smallest absolute Gasteiger partial charge is 0.254 e. The first-order chi connectivity index (χ1) is 11.4. The summed E-state index contributed by atoms with van der Waals surface area (Å²) in [6.07, 6.45) is 0.518. The molecule has 1 atom stereocenters. The average molecular weight is 364 g/mol. The van der Waals surface area contributed by atoms with Gasteiger partial charge in [-0.05, 0) is 49.4 Å². The minimum atomic E-state index is -3.04. The molecule has 6 heteroatoms. The van der Waals surface area contributed by atoms with Gasteiger partial charge in [0.2, 0.25) is 0 Å². The molecule has 0 bridgehead atoms. The van der Waals surface area contributed by atoms with Crippen LogP contribution in [0, 0.1) is 13.8 Å². The molecular formula is C18H21NO3S2. The Hall–Kier alpha value is -1.66. The van der Waals surface area contributed by atoms with E-state index in [0.29, 0.717) is 18.5 Å². The molecule has 0 unspecified atom stereocenters. The van der Waals surface area contributed by atoms with Crippen molar-refractivity contribution in [2.75, 3.05) is 11.5 Å². The van der Waals surface area contributed by atoms with E-state index in [0.717, 1.165) is 16.0 Å². The molecule has 0 aliphatic carbocycles. The van der Waals surface area contributed by atoms with Crippen molar-refractivity contribution < 1.29 is 13.2 Å². The lowest BCUT2D eigenvalue weighted by Gasteiger charge is -2.28. The summed E-state index contributed by atoms with van der Waals surface area (Å²) in [7, 11) is -3.04. The summed E-state index contributed by atoms with van der Waals surface area (Å²) >= 11 is 1.61. The molecular weight excluding hydrogens is 342 g/mol. The Kier molecular flexibility index (Phi) is 4.78. The fourth-order valence-corrected chi connectivity index (χ4v) is 5.61. The fraction of sp³-hybridized carbons (Fsp3) is 0.389.